The maximum atomic E-state index is 10.3. The van der Waals surface area contributed by atoms with E-state index in [1.807, 2.05) is 18.2 Å². The van der Waals surface area contributed by atoms with Gasteiger partial charge in [-0.15, -0.1) is 16.1 Å². The molecule has 0 spiro atoms. The van der Waals surface area contributed by atoms with E-state index in [4.69, 9.17) is 16.7 Å². The first-order valence-electron chi connectivity index (χ1n) is 8.28. The maximum absolute atomic E-state index is 10.3. The number of benzene rings is 2. The molecule has 6 nitrogen and oxygen atoms in total. The minimum absolute atomic E-state index is 0.00642. The summed E-state index contributed by atoms with van der Waals surface area (Å²) in [6.07, 6.45) is -0.916. The minimum atomic E-state index is -0.916. The topological polar surface area (TPSA) is 98.5 Å². The number of hydrogen-bond donors (Lipinski definition) is 4. The van der Waals surface area contributed by atoms with Crippen LogP contribution in [0.5, 0.6) is 5.75 Å². The number of rotatable bonds is 5. The molecule has 0 aliphatic heterocycles. The predicted molar refractivity (Wildman–Crippen MR) is 106 cm³/mol. The molecule has 1 heterocycles. The lowest BCUT2D eigenvalue weighted by Crippen LogP contribution is -2.23. The second-order valence-corrected chi connectivity index (χ2v) is 6.35. The molecule has 0 radical (unpaired) electrons. The molecule has 0 saturated heterocycles. The Kier molecular flexibility index (Phi) is 5.77. The van der Waals surface area contributed by atoms with Crippen molar-refractivity contribution < 1.29 is 15.3 Å². The Morgan fingerprint density at radius 2 is 1.96 bits per heavy atom. The van der Waals surface area contributed by atoms with Gasteiger partial charge in [0.05, 0.1) is 12.7 Å². The van der Waals surface area contributed by atoms with E-state index in [0.717, 1.165) is 16.3 Å². The third-order valence-electron chi connectivity index (χ3n) is 3.98. The number of phenolic OH excluding ortho intramolecular Hbond substituents is 1. The Hall–Kier alpha value is -2.85. The highest BCUT2D eigenvalue weighted by molar-refractivity contribution is 6.30. The first-order valence-corrected chi connectivity index (χ1v) is 8.66. The lowest BCUT2D eigenvalue weighted by atomic mass is 10.0. The molecule has 3 rings (SSSR count). The number of anilines is 1. The van der Waals surface area contributed by atoms with Crippen LogP contribution in [0, 0.1) is 11.8 Å². The van der Waals surface area contributed by atoms with Crippen LogP contribution in [0.2, 0.25) is 5.02 Å². The molecule has 0 amide bonds. The van der Waals surface area contributed by atoms with E-state index in [2.05, 4.69) is 27.4 Å². The number of fused-ring (bicyclic) bond motifs is 1. The second kappa shape index (κ2) is 8.23. The van der Waals surface area contributed by atoms with Gasteiger partial charge in [0.15, 0.2) is 5.82 Å². The molecule has 2 aromatic carbocycles. The van der Waals surface area contributed by atoms with E-state index in [-0.39, 0.29) is 18.9 Å². The number of halogens is 1. The van der Waals surface area contributed by atoms with Crippen LogP contribution in [0.3, 0.4) is 0 Å². The summed E-state index contributed by atoms with van der Waals surface area (Å²) in [5.74, 6) is 6.31. The molecule has 0 aliphatic carbocycles. The number of nitrogens with zero attached hydrogens (tertiary/aromatic N) is 2. The number of nitrogens with one attached hydrogen (secondary N) is 1. The molecule has 4 N–H and O–H groups in total. The van der Waals surface area contributed by atoms with Crippen molar-refractivity contribution in [3.63, 3.8) is 0 Å². The molecular weight excluding hydrogens is 366 g/mol. The van der Waals surface area contributed by atoms with Crippen molar-refractivity contribution in [2.24, 2.45) is 0 Å². The summed E-state index contributed by atoms with van der Waals surface area (Å²) in [5, 5.41) is 42.2. The van der Waals surface area contributed by atoms with E-state index < -0.39 is 6.10 Å². The Bertz CT molecular complexity index is 1040. The number of aromatic nitrogens is 2. The Morgan fingerprint density at radius 3 is 2.67 bits per heavy atom. The zero-order valence-corrected chi connectivity index (χ0v) is 15.3. The van der Waals surface area contributed by atoms with Gasteiger partial charge >= 0.3 is 0 Å². The Balaban J connectivity index is 2.17. The van der Waals surface area contributed by atoms with Gasteiger partial charge in [0, 0.05) is 33.5 Å². The van der Waals surface area contributed by atoms with Crippen LogP contribution < -0.4 is 5.32 Å². The van der Waals surface area contributed by atoms with E-state index >= 15 is 0 Å². The molecule has 3 aromatic rings. The third-order valence-corrected chi connectivity index (χ3v) is 4.22. The first-order chi connectivity index (χ1) is 13.0. The zero-order valence-electron chi connectivity index (χ0n) is 14.6. The number of aliphatic hydroxyl groups excluding tert-OH is 2. The van der Waals surface area contributed by atoms with Crippen molar-refractivity contribution in [2.75, 3.05) is 18.5 Å². The molecule has 0 bridgehead atoms. The first kappa shape index (κ1) is 18.9. The van der Waals surface area contributed by atoms with Gasteiger partial charge in [0.25, 0.3) is 0 Å². The quantitative estimate of drug-likeness (QED) is 0.506. The van der Waals surface area contributed by atoms with Gasteiger partial charge in [-0.25, -0.2) is 0 Å². The van der Waals surface area contributed by atoms with Crippen molar-refractivity contribution in [2.45, 2.75) is 13.0 Å². The van der Waals surface area contributed by atoms with Crippen LogP contribution in [-0.2, 0) is 0 Å². The average Bonchev–Trinajstić information content (AvgIpc) is 2.66. The van der Waals surface area contributed by atoms with E-state index in [9.17, 15) is 10.2 Å². The molecule has 0 unspecified atom stereocenters. The molecular formula is C20H18ClN3O3. The summed E-state index contributed by atoms with van der Waals surface area (Å²) in [5.41, 5.74) is 1.81. The second-order valence-electron chi connectivity index (χ2n) is 5.91. The molecule has 0 aliphatic rings. The standard InChI is InChI=1S/C20H18ClN3O3/c1-2-3-12-4-6-15-17(8-12)20(22-10-14(26)11-25)24-23-19(15)16-7-5-13(21)9-18(16)27/h4-9,14,25-27H,10-11H2,1H3,(H,22,24)/t14-/m0/s1. The molecule has 1 aromatic heterocycles. The fourth-order valence-corrected chi connectivity index (χ4v) is 2.86. The summed E-state index contributed by atoms with van der Waals surface area (Å²) in [6, 6.07) is 10.4. The molecule has 0 fully saturated rings. The number of aromatic hydroxyl groups is 1. The fourth-order valence-electron chi connectivity index (χ4n) is 2.69. The summed E-state index contributed by atoms with van der Waals surface area (Å²) in [7, 11) is 0. The average molecular weight is 384 g/mol. The van der Waals surface area contributed by atoms with Crippen LogP contribution in [0.25, 0.3) is 22.0 Å². The SMILES string of the molecule is CC#Cc1ccc2c(-c3ccc(Cl)cc3O)nnc(NC[C@H](O)CO)c2c1. The normalized spacial score (nSPS) is 11.7. The number of phenols is 1. The largest absolute Gasteiger partial charge is 0.507 e. The van der Waals surface area contributed by atoms with Gasteiger partial charge in [-0.3, -0.25) is 0 Å². The molecule has 27 heavy (non-hydrogen) atoms. The number of hydrogen-bond acceptors (Lipinski definition) is 6. The number of aliphatic hydroxyl groups is 2. The van der Waals surface area contributed by atoms with Crippen molar-refractivity contribution in [3.8, 4) is 28.8 Å². The van der Waals surface area contributed by atoms with Crippen LogP contribution >= 0.6 is 11.6 Å². The van der Waals surface area contributed by atoms with Crippen LogP contribution in [0.4, 0.5) is 5.82 Å². The highest BCUT2D eigenvalue weighted by atomic mass is 35.5. The third kappa shape index (κ3) is 4.12. The van der Waals surface area contributed by atoms with Crippen LogP contribution in [0.1, 0.15) is 12.5 Å². The van der Waals surface area contributed by atoms with Crippen LogP contribution in [-0.4, -0.2) is 44.8 Å². The smallest absolute Gasteiger partial charge is 0.156 e. The van der Waals surface area contributed by atoms with Crippen LogP contribution in [0.15, 0.2) is 36.4 Å². The van der Waals surface area contributed by atoms with E-state index in [1.165, 1.54) is 6.07 Å². The van der Waals surface area contributed by atoms with Crippen molar-refractivity contribution in [1.82, 2.24) is 10.2 Å². The summed E-state index contributed by atoms with van der Waals surface area (Å²) in [4.78, 5) is 0. The van der Waals surface area contributed by atoms with E-state index in [0.29, 0.717) is 22.1 Å². The Labute approximate surface area is 161 Å². The highest BCUT2D eigenvalue weighted by Crippen LogP contribution is 2.36. The van der Waals surface area contributed by atoms with Gasteiger partial charge in [0.1, 0.15) is 11.4 Å². The summed E-state index contributed by atoms with van der Waals surface area (Å²) < 4.78 is 0. The highest BCUT2D eigenvalue weighted by Gasteiger charge is 2.15. The molecule has 1 atom stereocenters. The lowest BCUT2D eigenvalue weighted by molar-refractivity contribution is 0.105. The summed E-state index contributed by atoms with van der Waals surface area (Å²) in [6.45, 7) is 1.51. The van der Waals surface area contributed by atoms with Gasteiger partial charge in [-0.05, 0) is 37.3 Å². The van der Waals surface area contributed by atoms with Gasteiger partial charge in [-0.2, -0.15) is 0 Å². The maximum Gasteiger partial charge on any atom is 0.156 e. The predicted octanol–water partition coefficient (Wildman–Crippen LogP) is 2.79. The van der Waals surface area contributed by atoms with Gasteiger partial charge < -0.3 is 20.6 Å². The molecule has 138 valence electrons. The van der Waals surface area contributed by atoms with Crippen molar-refractivity contribution in [3.05, 3.63) is 47.0 Å². The lowest BCUT2D eigenvalue weighted by Gasteiger charge is -2.14. The van der Waals surface area contributed by atoms with Crippen molar-refractivity contribution in [1.29, 1.82) is 0 Å². The fraction of sp³-hybridized carbons (Fsp3) is 0.200. The van der Waals surface area contributed by atoms with Gasteiger partial charge in [-0.1, -0.05) is 23.6 Å². The summed E-state index contributed by atoms with van der Waals surface area (Å²) >= 11 is 5.92. The Morgan fingerprint density at radius 1 is 1.15 bits per heavy atom. The van der Waals surface area contributed by atoms with Gasteiger partial charge in [0.2, 0.25) is 0 Å². The molecule has 0 saturated carbocycles. The van der Waals surface area contributed by atoms with Crippen molar-refractivity contribution >= 4 is 28.2 Å². The zero-order chi connectivity index (χ0) is 19.4. The van der Waals surface area contributed by atoms with E-state index in [1.54, 1.807) is 19.1 Å². The molecule has 7 heteroatoms. The minimum Gasteiger partial charge on any atom is -0.507 e. The monoisotopic (exact) mass is 383 g/mol.